The molecule has 0 saturated heterocycles. The van der Waals surface area contributed by atoms with Gasteiger partial charge in [0.2, 0.25) is 0 Å². The lowest BCUT2D eigenvalue weighted by molar-refractivity contribution is 0.0527. The van der Waals surface area contributed by atoms with Crippen molar-refractivity contribution in [3.63, 3.8) is 0 Å². The Labute approximate surface area is 144 Å². The van der Waals surface area contributed by atoms with E-state index in [1.54, 1.807) is 32.0 Å². The molecule has 0 saturated carbocycles. The van der Waals surface area contributed by atoms with Crippen LogP contribution in [0.2, 0.25) is 0 Å². The summed E-state index contributed by atoms with van der Waals surface area (Å²) in [6.45, 7) is 6.93. The first-order valence-electron chi connectivity index (χ1n) is 7.54. The third kappa shape index (κ3) is 3.71. The van der Waals surface area contributed by atoms with Crippen molar-refractivity contribution in [2.45, 2.75) is 27.7 Å². The van der Waals surface area contributed by atoms with E-state index in [0.29, 0.717) is 21.0 Å². The van der Waals surface area contributed by atoms with E-state index < -0.39 is 5.97 Å². The molecule has 1 aromatic heterocycles. The van der Waals surface area contributed by atoms with Crippen LogP contribution in [0.5, 0.6) is 0 Å². The Morgan fingerprint density at radius 3 is 2.50 bits per heavy atom. The Hall–Kier alpha value is -2.47. The summed E-state index contributed by atoms with van der Waals surface area (Å²) in [4.78, 5) is 36.9. The summed E-state index contributed by atoms with van der Waals surface area (Å²) in [5.74, 6) is -1.03. The molecule has 1 heterocycles. The largest absolute Gasteiger partial charge is 0.462 e. The van der Waals surface area contributed by atoms with Crippen LogP contribution in [0.15, 0.2) is 24.3 Å². The molecule has 0 bridgehead atoms. The third-order valence-corrected chi connectivity index (χ3v) is 4.76. The first kappa shape index (κ1) is 17.9. The molecule has 0 fully saturated rings. The number of ketones is 1. The lowest BCUT2D eigenvalue weighted by Gasteiger charge is -2.07. The molecule has 0 radical (unpaired) electrons. The fraction of sp³-hybridized carbons (Fsp3) is 0.278. The zero-order valence-electron chi connectivity index (χ0n) is 14.1. The lowest BCUT2D eigenvalue weighted by atomic mass is 10.1. The number of rotatable bonds is 5. The fourth-order valence-corrected chi connectivity index (χ4v) is 3.43. The van der Waals surface area contributed by atoms with Crippen LogP contribution in [-0.4, -0.2) is 24.3 Å². The van der Waals surface area contributed by atoms with E-state index in [1.807, 2.05) is 13.0 Å². The van der Waals surface area contributed by atoms with Crippen LogP contribution in [0.1, 0.15) is 55.4 Å². The topological polar surface area (TPSA) is 72.5 Å². The maximum atomic E-state index is 12.4. The highest BCUT2D eigenvalue weighted by Gasteiger charge is 2.25. The molecule has 1 amide bonds. The minimum absolute atomic E-state index is 0.154. The van der Waals surface area contributed by atoms with Gasteiger partial charge in [0.05, 0.1) is 17.0 Å². The molecular weight excluding hydrogens is 326 g/mol. The highest BCUT2D eigenvalue weighted by molar-refractivity contribution is 7.18. The Balaban J connectivity index is 2.41. The molecule has 24 heavy (non-hydrogen) atoms. The van der Waals surface area contributed by atoms with Crippen LogP contribution >= 0.6 is 11.3 Å². The summed E-state index contributed by atoms with van der Waals surface area (Å²) >= 11 is 1.09. The number of thiophene rings is 1. The molecule has 0 spiro atoms. The molecule has 0 aliphatic carbocycles. The second-order valence-corrected chi connectivity index (χ2v) is 6.38. The number of carbonyl (C=O) groups is 3. The van der Waals surface area contributed by atoms with Crippen molar-refractivity contribution < 1.29 is 19.1 Å². The Kier molecular flexibility index (Phi) is 5.51. The third-order valence-electron chi connectivity index (χ3n) is 3.45. The SMILES string of the molecule is CCOC(=O)c1c(NC(=O)c2cccc(C)c2)sc(C(C)=O)c1C. The normalized spacial score (nSPS) is 10.3. The van der Waals surface area contributed by atoms with Crippen molar-refractivity contribution in [2.75, 3.05) is 11.9 Å². The Bertz CT molecular complexity index is 807. The number of Topliss-reactive ketones (excluding diaryl/α,β-unsaturated/α-hetero) is 1. The van der Waals surface area contributed by atoms with Gasteiger partial charge in [-0.1, -0.05) is 17.7 Å². The molecule has 6 heteroatoms. The minimum Gasteiger partial charge on any atom is -0.462 e. The van der Waals surface area contributed by atoms with Gasteiger partial charge in [-0.25, -0.2) is 4.79 Å². The van der Waals surface area contributed by atoms with Crippen LogP contribution in [0.25, 0.3) is 0 Å². The Morgan fingerprint density at radius 1 is 1.21 bits per heavy atom. The molecule has 0 atom stereocenters. The van der Waals surface area contributed by atoms with Crippen LogP contribution in [-0.2, 0) is 4.74 Å². The van der Waals surface area contributed by atoms with Crippen molar-refractivity contribution >= 4 is 34.0 Å². The number of nitrogens with one attached hydrogen (secondary N) is 1. The monoisotopic (exact) mass is 345 g/mol. The maximum absolute atomic E-state index is 12.4. The smallest absolute Gasteiger partial charge is 0.341 e. The quantitative estimate of drug-likeness (QED) is 0.657. The predicted molar refractivity (Wildman–Crippen MR) is 94.1 cm³/mol. The van der Waals surface area contributed by atoms with E-state index in [4.69, 9.17) is 4.74 Å². The summed E-state index contributed by atoms with van der Waals surface area (Å²) in [5, 5.41) is 3.07. The molecule has 1 aromatic carbocycles. The molecular formula is C18H19NO4S. The summed E-state index contributed by atoms with van der Waals surface area (Å²) < 4.78 is 5.05. The van der Waals surface area contributed by atoms with Crippen LogP contribution in [0.3, 0.4) is 0 Å². The van der Waals surface area contributed by atoms with Crippen molar-refractivity contribution in [1.82, 2.24) is 0 Å². The van der Waals surface area contributed by atoms with Crippen LogP contribution in [0, 0.1) is 13.8 Å². The number of aryl methyl sites for hydroxylation is 1. The van der Waals surface area contributed by atoms with Crippen LogP contribution in [0.4, 0.5) is 5.00 Å². The molecule has 0 aliphatic rings. The van der Waals surface area contributed by atoms with Gasteiger partial charge >= 0.3 is 5.97 Å². The van der Waals surface area contributed by atoms with E-state index in [9.17, 15) is 14.4 Å². The average Bonchev–Trinajstić information content (AvgIpc) is 2.84. The molecule has 126 valence electrons. The van der Waals surface area contributed by atoms with E-state index in [0.717, 1.165) is 16.9 Å². The van der Waals surface area contributed by atoms with Gasteiger partial charge in [0.25, 0.3) is 5.91 Å². The number of ether oxygens (including phenoxy) is 1. The maximum Gasteiger partial charge on any atom is 0.341 e. The molecule has 5 nitrogen and oxygen atoms in total. The zero-order chi connectivity index (χ0) is 17.9. The number of hydrogen-bond donors (Lipinski definition) is 1. The second-order valence-electron chi connectivity index (χ2n) is 5.36. The van der Waals surface area contributed by atoms with E-state index >= 15 is 0 Å². The molecule has 2 aromatic rings. The van der Waals surface area contributed by atoms with Gasteiger partial charge in [-0.2, -0.15) is 0 Å². The van der Waals surface area contributed by atoms with Gasteiger partial charge in [0.15, 0.2) is 5.78 Å². The van der Waals surface area contributed by atoms with Crippen LogP contribution < -0.4 is 5.32 Å². The predicted octanol–water partition coefficient (Wildman–Crippen LogP) is 4.00. The highest BCUT2D eigenvalue weighted by Crippen LogP contribution is 2.34. The number of hydrogen-bond acceptors (Lipinski definition) is 5. The number of esters is 1. The van der Waals surface area contributed by atoms with Gasteiger partial charge in [0, 0.05) is 5.56 Å². The summed E-state index contributed by atoms with van der Waals surface area (Å²) in [6.07, 6.45) is 0. The Morgan fingerprint density at radius 2 is 1.92 bits per heavy atom. The van der Waals surface area contributed by atoms with Crippen molar-refractivity contribution in [2.24, 2.45) is 0 Å². The van der Waals surface area contributed by atoms with Gasteiger partial charge in [0.1, 0.15) is 5.00 Å². The average molecular weight is 345 g/mol. The number of carbonyl (C=O) groups excluding carboxylic acids is 3. The van der Waals surface area contributed by atoms with E-state index in [2.05, 4.69) is 5.32 Å². The summed E-state index contributed by atoms with van der Waals surface area (Å²) in [5.41, 5.74) is 2.22. The summed E-state index contributed by atoms with van der Waals surface area (Å²) in [6, 6.07) is 7.13. The number of amides is 1. The van der Waals surface area contributed by atoms with Gasteiger partial charge in [-0.05, 0) is 45.4 Å². The van der Waals surface area contributed by atoms with E-state index in [-0.39, 0.29) is 23.9 Å². The summed E-state index contributed by atoms with van der Waals surface area (Å²) in [7, 11) is 0. The molecule has 0 unspecified atom stereocenters. The van der Waals surface area contributed by atoms with Crippen molar-refractivity contribution in [3.05, 3.63) is 51.4 Å². The van der Waals surface area contributed by atoms with Crippen molar-refractivity contribution in [3.8, 4) is 0 Å². The highest BCUT2D eigenvalue weighted by atomic mass is 32.1. The van der Waals surface area contributed by atoms with Gasteiger partial charge in [-0.15, -0.1) is 11.3 Å². The van der Waals surface area contributed by atoms with Gasteiger partial charge < -0.3 is 10.1 Å². The first-order valence-corrected chi connectivity index (χ1v) is 8.36. The van der Waals surface area contributed by atoms with Gasteiger partial charge in [-0.3, -0.25) is 9.59 Å². The molecule has 2 rings (SSSR count). The van der Waals surface area contributed by atoms with Crippen molar-refractivity contribution in [1.29, 1.82) is 0 Å². The number of anilines is 1. The fourth-order valence-electron chi connectivity index (χ4n) is 2.35. The molecule has 0 aliphatic heterocycles. The standard InChI is InChI=1S/C18H19NO4S/c1-5-23-18(22)14-11(3)15(12(4)20)24-17(14)19-16(21)13-8-6-7-10(2)9-13/h6-9H,5H2,1-4H3,(H,19,21). The van der Waals surface area contributed by atoms with E-state index in [1.165, 1.54) is 6.92 Å². The molecule has 1 N–H and O–H groups in total. The number of benzene rings is 1. The second kappa shape index (κ2) is 7.40. The minimum atomic E-state index is -0.543. The first-order chi connectivity index (χ1) is 11.3. The zero-order valence-corrected chi connectivity index (χ0v) is 14.9. The lowest BCUT2D eigenvalue weighted by Crippen LogP contribution is -2.15.